The molecule has 2 rings (SSSR count). The SMILES string of the molecule is CN1CC(Oc2ccc(OC(F)(F)F)cc2)C1. The van der Waals surface area contributed by atoms with Crippen molar-refractivity contribution in [1.29, 1.82) is 0 Å². The highest BCUT2D eigenvalue weighted by Gasteiger charge is 2.31. The molecule has 0 aliphatic carbocycles. The Morgan fingerprint density at radius 3 is 2.12 bits per heavy atom. The molecule has 1 aliphatic heterocycles. The second kappa shape index (κ2) is 4.44. The summed E-state index contributed by atoms with van der Waals surface area (Å²) >= 11 is 0. The van der Waals surface area contributed by atoms with Crippen molar-refractivity contribution in [3.05, 3.63) is 24.3 Å². The Bertz CT molecular complexity index is 371. The van der Waals surface area contributed by atoms with Gasteiger partial charge in [0, 0.05) is 13.1 Å². The van der Waals surface area contributed by atoms with Crippen LogP contribution < -0.4 is 9.47 Å². The Labute approximate surface area is 96.7 Å². The summed E-state index contributed by atoms with van der Waals surface area (Å²) < 4.78 is 45.0. The number of hydrogen-bond acceptors (Lipinski definition) is 3. The molecule has 0 bridgehead atoms. The minimum absolute atomic E-state index is 0.120. The number of hydrogen-bond donors (Lipinski definition) is 0. The smallest absolute Gasteiger partial charge is 0.488 e. The van der Waals surface area contributed by atoms with Crippen LogP contribution in [0.2, 0.25) is 0 Å². The topological polar surface area (TPSA) is 21.7 Å². The third-order valence-electron chi connectivity index (χ3n) is 2.39. The molecule has 17 heavy (non-hydrogen) atoms. The van der Waals surface area contributed by atoms with Gasteiger partial charge in [0.1, 0.15) is 17.6 Å². The molecule has 1 heterocycles. The van der Waals surface area contributed by atoms with Crippen LogP contribution in [0.1, 0.15) is 0 Å². The number of nitrogens with zero attached hydrogens (tertiary/aromatic N) is 1. The maximum atomic E-state index is 11.9. The van der Waals surface area contributed by atoms with Crippen LogP contribution in [0.15, 0.2) is 24.3 Å². The lowest BCUT2D eigenvalue weighted by molar-refractivity contribution is -0.274. The van der Waals surface area contributed by atoms with E-state index < -0.39 is 6.36 Å². The van der Waals surface area contributed by atoms with Gasteiger partial charge in [-0.25, -0.2) is 0 Å². The molecular weight excluding hydrogens is 235 g/mol. The summed E-state index contributed by atoms with van der Waals surface area (Å²) in [5.74, 6) is 0.313. The first kappa shape index (κ1) is 12.0. The molecule has 6 heteroatoms. The minimum Gasteiger partial charge on any atom is -0.488 e. The van der Waals surface area contributed by atoms with Gasteiger partial charge in [0.05, 0.1) is 0 Å². The van der Waals surface area contributed by atoms with Crippen LogP contribution in [0.4, 0.5) is 13.2 Å². The number of likely N-dealkylation sites (tertiary alicyclic amines) is 1. The first-order valence-electron chi connectivity index (χ1n) is 5.13. The van der Waals surface area contributed by atoms with E-state index in [-0.39, 0.29) is 11.9 Å². The maximum absolute atomic E-state index is 11.9. The van der Waals surface area contributed by atoms with Crippen molar-refractivity contribution in [1.82, 2.24) is 4.90 Å². The zero-order valence-electron chi connectivity index (χ0n) is 9.20. The third-order valence-corrected chi connectivity index (χ3v) is 2.39. The van der Waals surface area contributed by atoms with E-state index in [1.807, 2.05) is 7.05 Å². The van der Waals surface area contributed by atoms with E-state index in [0.717, 1.165) is 13.1 Å². The molecule has 94 valence electrons. The zero-order valence-corrected chi connectivity index (χ0v) is 9.20. The molecule has 3 nitrogen and oxygen atoms in total. The molecule has 0 saturated carbocycles. The molecule has 0 unspecified atom stereocenters. The van der Waals surface area contributed by atoms with Crippen molar-refractivity contribution in [2.75, 3.05) is 20.1 Å². The number of ether oxygens (including phenoxy) is 2. The predicted molar refractivity (Wildman–Crippen MR) is 55.0 cm³/mol. The summed E-state index contributed by atoms with van der Waals surface area (Å²) in [4.78, 5) is 2.09. The second-order valence-corrected chi connectivity index (χ2v) is 3.98. The summed E-state index contributed by atoms with van der Waals surface area (Å²) in [5, 5.41) is 0. The summed E-state index contributed by atoms with van der Waals surface area (Å²) in [6.45, 7) is 1.67. The fourth-order valence-corrected chi connectivity index (χ4v) is 1.63. The summed E-state index contributed by atoms with van der Waals surface area (Å²) in [6, 6.07) is 5.43. The highest BCUT2D eigenvalue weighted by molar-refractivity contribution is 5.31. The molecule has 1 aromatic rings. The van der Waals surface area contributed by atoms with Crippen LogP contribution in [0.3, 0.4) is 0 Å². The van der Waals surface area contributed by atoms with Gasteiger partial charge in [-0.1, -0.05) is 0 Å². The third kappa shape index (κ3) is 3.52. The summed E-state index contributed by atoms with van der Waals surface area (Å²) in [5.41, 5.74) is 0. The maximum Gasteiger partial charge on any atom is 0.573 e. The lowest BCUT2D eigenvalue weighted by atomic mass is 10.2. The molecule has 0 atom stereocenters. The van der Waals surface area contributed by atoms with Crippen LogP contribution in [0, 0.1) is 0 Å². The zero-order chi connectivity index (χ0) is 12.5. The van der Waals surface area contributed by atoms with Crippen LogP contribution >= 0.6 is 0 Å². The van der Waals surface area contributed by atoms with E-state index in [1.165, 1.54) is 24.3 Å². The molecule has 0 N–H and O–H groups in total. The first-order valence-corrected chi connectivity index (χ1v) is 5.13. The monoisotopic (exact) mass is 247 g/mol. The van der Waals surface area contributed by atoms with Gasteiger partial charge in [0.15, 0.2) is 0 Å². The van der Waals surface area contributed by atoms with Gasteiger partial charge in [0.2, 0.25) is 0 Å². The van der Waals surface area contributed by atoms with Crippen molar-refractivity contribution < 1.29 is 22.6 Å². The molecule has 0 radical (unpaired) electrons. The standard InChI is InChI=1S/C11H12F3NO2/c1-15-6-10(7-15)16-8-2-4-9(5-3-8)17-11(12,13)14/h2-5,10H,6-7H2,1H3. The largest absolute Gasteiger partial charge is 0.573 e. The predicted octanol–water partition coefficient (Wildman–Crippen LogP) is 2.28. The number of benzene rings is 1. The number of likely N-dealkylation sites (N-methyl/N-ethyl adjacent to an activating group) is 1. The quantitative estimate of drug-likeness (QED) is 0.818. The lowest BCUT2D eigenvalue weighted by Crippen LogP contribution is -2.51. The molecule has 0 amide bonds. The van der Waals surface area contributed by atoms with Crippen molar-refractivity contribution in [3.63, 3.8) is 0 Å². The summed E-state index contributed by atoms with van der Waals surface area (Å²) in [7, 11) is 1.97. The van der Waals surface area contributed by atoms with E-state index in [4.69, 9.17) is 4.74 Å². The average molecular weight is 247 g/mol. The van der Waals surface area contributed by atoms with Gasteiger partial charge in [-0.05, 0) is 31.3 Å². The molecule has 1 fully saturated rings. The van der Waals surface area contributed by atoms with Gasteiger partial charge in [0.25, 0.3) is 0 Å². The van der Waals surface area contributed by atoms with Crippen LogP contribution in [0.5, 0.6) is 11.5 Å². The van der Waals surface area contributed by atoms with Crippen LogP contribution in [0.25, 0.3) is 0 Å². The van der Waals surface area contributed by atoms with Crippen molar-refractivity contribution >= 4 is 0 Å². The minimum atomic E-state index is -4.65. The fourth-order valence-electron chi connectivity index (χ4n) is 1.63. The average Bonchev–Trinajstić information content (AvgIpc) is 2.16. The summed E-state index contributed by atoms with van der Waals surface area (Å²) in [6.07, 6.45) is -4.53. The van der Waals surface area contributed by atoms with Crippen molar-refractivity contribution in [2.45, 2.75) is 12.5 Å². The fraction of sp³-hybridized carbons (Fsp3) is 0.455. The number of rotatable bonds is 3. The molecule has 1 saturated heterocycles. The molecular formula is C11H12F3NO2. The van der Waals surface area contributed by atoms with Crippen LogP contribution in [-0.2, 0) is 0 Å². The van der Waals surface area contributed by atoms with Crippen LogP contribution in [-0.4, -0.2) is 37.5 Å². The number of halogens is 3. The van der Waals surface area contributed by atoms with Gasteiger partial charge in [-0.2, -0.15) is 0 Å². The first-order chi connectivity index (χ1) is 7.92. The Morgan fingerprint density at radius 2 is 1.65 bits per heavy atom. The van der Waals surface area contributed by atoms with E-state index >= 15 is 0 Å². The van der Waals surface area contributed by atoms with Crippen molar-refractivity contribution in [2.24, 2.45) is 0 Å². The Morgan fingerprint density at radius 1 is 1.12 bits per heavy atom. The van der Waals surface area contributed by atoms with E-state index in [2.05, 4.69) is 9.64 Å². The Hall–Kier alpha value is -1.43. The van der Waals surface area contributed by atoms with E-state index in [9.17, 15) is 13.2 Å². The normalized spacial score (nSPS) is 17.6. The van der Waals surface area contributed by atoms with E-state index in [1.54, 1.807) is 0 Å². The Kier molecular flexibility index (Phi) is 3.15. The second-order valence-electron chi connectivity index (χ2n) is 3.98. The van der Waals surface area contributed by atoms with Gasteiger partial charge in [-0.15, -0.1) is 13.2 Å². The van der Waals surface area contributed by atoms with Gasteiger partial charge in [-0.3, -0.25) is 4.90 Å². The molecule has 1 aliphatic rings. The highest BCUT2D eigenvalue weighted by Crippen LogP contribution is 2.25. The number of alkyl halides is 3. The molecule has 0 spiro atoms. The van der Waals surface area contributed by atoms with E-state index in [0.29, 0.717) is 5.75 Å². The molecule has 1 aromatic carbocycles. The molecule has 0 aromatic heterocycles. The Balaban J connectivity index is 1.89. The highest BCUT2D eigenvalue weighted by atomic mass is 19.4. The lowest BCUT2D eigenvalue weighted by Gasteiger charge is -2.35. The van der Waals surface area contributed by atoms with Crippen molar-refractivity contribution in [3.8, 4) is 11.5 Å². The van der Waals surface area contributed by atoms with Gasteiger partial charge < -0.3 is 9.47 Å². The van der Waals surface area contributed by atoms with Gasteiger partial charge >= 0.3 is 6.36 Å².